The molecule has 5 heteroatoms. The number of carbonyl (C=O) groups is 1. The van der Waals surface area contributed by atoms with E-state index in [1.807, 2.05) is 12.1 Å². The van der Waals surface area contributed by atoms with E-state index in [-0.39, 0.29) is 19.0 Å². The SMILES string of the molecule is CCCCCCCCC=CCCCCCCCCNc1ccc(CCC(=O)OCC(O)CO)cc1. The molecule has 0 fully saturated rings. The summed E-state index contributed by atoms with van der Waals surface area (Å²) >= 11 is 0. The molecule has 200 valence electrons. The first-order valence-electron chi connectivity index (χ1n) is 14.1. The number of hydrogen-bond acceptors (Lipinski definition) is 5. The zero-order valence-electron chi connectivity index (χ0n) is 22.2. The second kappa shape index (κ2) is 22.6. The molecule has 0 amide bonds. The number of aliphatic hydroxyl groups is 2. The summed E-state index contributed by atoms with van der Waals surface area (Å²) in [5, 5.41) is 21.4. The van der Waals surface area contributed by atoms with Gasteiger partial charge < -0.3 is 20.3 Å². The van der Waals surface area contributed by atoms with Crippen LogP contribution in [0.15, 0.2) is 36.4 Å². The van der Waals surface area contributed by atoms with E-state index in [0.29, 0.717) is 6.42 Å². The molecule has 0 aliphatic carbocycles. The topological polar surface area (TPSA) is 78.8 Å². The van der Waals surface area contributed by atoms with Crippen molar-refractivity contribution in [2.45, 2.75) is 116 Å². The molecule has 1 rings (SSSR count). The van der Waals surface area contributed by atoms with Crippen molar-refractivity contribution in [3.63, 3.8) is 0 Å². The Balaban J connectivity index is 1.93. The fourth-order valence-corrected chi connectivity index (χ4v) is 3.95. The van der Waals surface area contributed by atoms with Crippen LogP contribution in [-0.2, 0) is 16.0 Å². The largest absolute Gasteiger partial charge is 0.463 e. The van der Waals surface area contributed by atoms with Gasteiger partial charge in [0.05, 0.1) is 6.61 Å². The third-order valence-electron chi connectivity index (χ3n) is 6.24. The van der Waals surface area contributed by atoms with Crippen LogP contribution in [0.25, 0.3) is 0 Å². The number of benzene rings is 1. The van der Waals surface area contributed by atoms with Crippen molar-refractivity contribution in [1.29, 1.82) is 0 Å². The number of carbonyl (C=O) groups excluding carboxylic acids is 1. The zero-order valence-corrected chi connectivity index (χ0v) is 22.2. The molecule has 1 atom stereocenters. The van der Waals surface area contributed by atoms with Gasteiger partial charge in [-0.05, 0) is 56.2 Å². The maximum absolute atomic E-state index is 11.7. The summed E-state index contributed by atoms with van der Waals surface area (Å²) in [5.41, 5.74) is 2.18. The van der Waals surface area contributed by atoms with E-state index < -0.39 is 12.7 Å². The molecule has 5 nitrogen and oxygen atoms in total. The Morgan fingerprint density at radius 3 is 2.06 bits per heavy atom. The molecule has 1 aromatic rings. The van der Waals surface area contributed by atoms with Gasteiger partial charge in [0.15, 0.2) is 0 Å². The molecular weight excluding hydrogens is 438 g/mol. The number of allylic oxidation sites excluding steroid dienone is 2. The molecule has 1 unspecified atom stereocenters. The minimum atomic E-state index is -1.00. The van der Waals surface area contributed by atoms with Crippen LogP contribution >= 0.6 is 0 Å². The Hall–Kier alpha value is -1.85. The van der Waals surface area contributed by atoms with Crippen LogP contribution in [0.2, 0.25) is 0 Å². The first-order chi connectivity index (χ1) is 17.2. The molecule has 0 heterocycles. The fraction of sp³-hybridized carbons (Fsp3) is 0.700. The fourth-order valence-electron chi connectivity index (χ4n) is 3.95. The number of rotatable bonds is 23. The number of anilines is 1. The van der Waals surface area contributed by atoms with E-state index >= 15 is 0 Å². The summed E-state index contributed by atoms with van der Waals surface area (Å²) in [5.74, 6) is -0.361. The highest BCUT2D eigenvalue weighted by atomic mass is 16.5. The van der Waals surface area contributed by atoms with Crippen molar-refractivity contribution in [1.82, 2.24) is 0 Å². The van der Waals surface area contributed by atoms with E-state index in [9.17, 15) is 9.90 Å². The standard InChI is InChI=1S/C30H51NO4/c1-2-3-4-5-6-7-8-9-10-11-12-13-14-15-16-17-24-31-28-21-18-27(19-22-28)20-23-30(34)35-26-29(33)25-32/h9-10,18-19,21-22,29,31-33H,2-8,11-17,20,23-26H2,1H3. The highest BCUT2D eigenvalue weighted by Gasteiger charge is 2.08. The molecule has 0 aliphatic rings. The average Bonchev–Trinajstić information content (AvgIpc) is 2.88. The molecular formula is C30H51NO4. The van der Waals surface area contributed by atoms with Gasteiger partial charge in [-0.1, -0.05) is 89.0 Å². The lowest BCUT2D eigenvalue weighted by molar-refractivity contribution is -0.147. The molecule has 1 aromatic carbocycles. The second-order valence-corrected chi connectivity index (χ2v) is 9.58. The van der Waals surface area contributed by atoms with Crippen molar-refractivity contribution >= 4 is 11.7 Å². The van der Waals surface area contributed by atoms with Crippen LogP contribution in [0.3, 0.4) is 0 Å². The lowest BCUT2D eigenvalue weighted by Crippen LogP contribution is -2.22. The maximum atomic E-state index is 11.7. The van der Waals surface area contributed by atoms with Crippen molar-refractivity contribution in [3.8, 4) is 0 Å². The van der Waals surface area contributed by atoms with Gasteiger partial charge >= 0.3 is 5.97 Å². The minimum absolute atomic E-state index is 0.158. The Labute approximate surface area is 214 Å². The van der Waals surface area contributed by atoms with E-state index in [0.717, 1.165) is 17.8 Å². The van der Waals surface area contributed by atoms with Gasteiger partial charge in [-0.15, -0.1) is 0 Å². The van der Waals surface area contributed by atoms with Crippen molar-refractivity contribution < 1.29 is 19.7 Å². The molecule has 35 heavy (non-hydrogen) atoms. The van der Waals surface area contributed by atoms with Crippen LogP contribution in [-0.4, -0.2) is 42.0 Å². The zero-order chi connectivity index (χ0) is 25.4. The van der Waals surface area contributed by atoms with Gasteiger partial charge in [0.2, 0.25) is 0 Å². The smallest absolute Gasteiger partial charge is 0.306 e. The maximum Gasteiger partial charge on any atom is 0.306 e. The molecule has 0 spiro atoms. The Kier molecular flexibility index (Phi) is 20.1. The number of esters is 1. The predicted octanol–water partition coefficient (Wildman–Crippen LogP) is 6.97. The Morgan fingerprint density at radius 2 is 1.46 bits per heavy atom. The van der Waals surface area contributed by atoms with Gasteiger partial charge in [-0.3, -0.25) is 4.79 Å². The lowest BCUT2D eigenvalue weighted by Gasteiger charge is -2.09. The van der Waals surface area contributed by atoms with E-state index in [1.165, 1.54) is 89.9 Å². The van der Waals surface area contributed by atoms with Gasteiger partial charge in [0.25, 0.3) is 0 Å². The number of aliphatic hydroxyl groups excluding tert-OH is 2. The third kappa shape index (κ3) is 19.1. The van der Waals surface area contributed by atoms with Crippen LogP contribution in [0.4, 0.5) is 5.69 Å². The van der Waals surface area contributed by atoms with E-state index in [1.54, 1.807) is 0 Å². The Bertz CT molecular complexity index is 644. The average molecular weight is 490 g/mol. The van der Waals surface area contributed by atoms with Crippen LogP contribution in [0.5, 0.6) is 0 Å². The first kappa shape index (κ1) is 31.2. The number of ether oxygens (including phenoxy) is 1. The van der Waals surface area contributed by atoms with E-state index in [2.05, 4.69) is 36.5 Å². The second-order valence-electron chi connectivity index (χ2n) is 9.58. The van der Waals surface area contributed by atoms with Crippen LogP contribution in [0.1, 0.15) is 109 Å². The summed E-state index contributed by atoms with van der Waals surface area (Å²) < 4.78 is 4.92. The van der Waals surface area contributed by atoms with Crippen molar-refractivity contribution in [2.75, 3.05) is 25.1 Å². The van der Waals surface area contributed by atoms with Crippen LogP contribution in [0, 0.1) is 0 Å². The summed E-state index contributed by atoms with van der Waals surface area (Å²) in [6.07, 6.45) is 23.2. The highest BCUT2D eigenvalue weighted by molar-refractivity contribution is 5.69. The third-order valence-corrected chi connectivity index (χ3v) is 6.24. The quantitative estimate of drug-likeness (QED) is 0.0879. The Morgan fingerprint density at radius 1 is 0.886 bits per heavy atom. The summed E-state index contributed by atoms with van der Waals surface area (Å²) in [4.78, 5) is 11.7. The first-order valence-corrected chi connectivity index (χ1v) is 14.1. The number of unbranched alkanes of at least 4 members (excludes halogenated alkanes) is 12. The van der Waals surface area contributed by atoms with Gasteiger partial charge in [-0.25, -0.2) is 0 Å². The summed E-state index contributed by atoms with van der Waals surface area (Å²) in [6, 6.07) is 8.16. The predicted molar refractivity (Wildman–Crippen MR) is 147 cm³/mol. The molecule has 3 N–H and O–H groups in total. The molecule has 0 radical (unpaired) electrons. The number of nitrogens with one attached hydrogen (secondary N) is 1. The lowest BCUT2D eigenvalue weighted by atomic mass is 10.1. The van der Waals surface area contributed by atoms with Crippen LogP contribution < -0.4 is 5.32 Å². The van der Waals surface area contributed by atoms with Gasteiger partial charge in [0, 0.05) is 18.7 Å². The number of aryl methyl sites for hydroxylation is 1. The molecule has 0 aliphatic heterocycles. The summed E-state index contributed by atoms with van der Waals surface area (Å²) in [7, 11) is 0. The molecule has 0 bridgehead atoms. The van der Waals surface area contributed by atoms with Crippen molar-refractivity contribution in [3.05, 3.63) is 42.0 Å². The molecule has 0 saturated carbocycles. The summed E-state index contributed by atoms with van der Waals surface area (Å²) in [6.45, 7) is 2.70. The minimum Gasteiger partial charge on any atom is -0.463 e. The molecule has 0 saturated heterocycles. The normalized spacial score (nSPS) is 12.2. The molecule has 0 aromatic heterocycles. The monoisotopic (exact) mass is 489 g/mol. The number of hydrogen-bond donors (Lipinski definition) is 3. The highest BCUT2D eigenvalue weighted by Crippen LogP contribution is 2.13. The van der Waals surface area contributed by atoms with Gasteiger partial charge in [-0.2, -0.15) is 0 Å². The van der Waals surface area contributed by atoms with Crippen molar-refractivity contribution in [2.24, 2.45) is 0 Å². The van der Waals surface area contributed by atoms with Gasteiger partial charge in [0.1, 0.15) is 12.7 Å². The van der Waals surface area contributed by atoms with E-state index in [4.69, 9.17) is 9.84 Å².